The molecule has 7 heteroatoms. The molecule has 104 valence electrons. The summed E-state index contributed by atoms with van der Waals surface area (Å²) in [6.45, 7) is 1.78. The Morgan fingerprint density at radius 1 is 1.40 bits per heavy atom. The fraction of sp³-hybridized carbons (Fsp3) is 0.154. The fourth-order valence-electron chi connectivity index (χ4n) is 1.73. The summed E-state index contributed by atoms with van der Waals surface area (Å²) in [6, 6.07) is 6.86. The van der Waals surface area contributed by atoms with Gasteiger partial charge in [-0.2, -0.15) is 0 Å². The van der Waals surface area contributed by atoms with Gasteiger partial charge in [-0.1, -0.05) is 11.6 Å². The molecule has 1 atom stereocenters. The van der Waals surface area contributed by atoms with Crippen molar-refractivity contribution in [2.75, 3.05) is 5.32 Å². The molecular weight excluding hydrogens is 285 g/mol. The number of rotatable bonds is 4. The highest BCUT2D eigenvalue weighted by atomic mass is 35.5. The third kappa shape index (κ3) is 3.21. The van der Waals surface area contributed by atoms with Crippen LogP contribution in [0.5, 0.6) is 0 Å². The average Bonchev–Trinajstić information content (AvgIpc) is 2.41. The van der Waals surface area contributed by atoms with Gasteiger partial charge >= 0.3 is 0 Å². The van der Waals surface area contributed by atoms with Crippen LogP contribution in [0.25, 0.3) is 0 Å². The normalized spacial score (nSPS) is 11.9. The lowest BCUT2D eigenvalue weighted by Crippen LogP contribution is -2.10. The SMILES string of the molecule is CC(Nc1ccc(Cl)cc1[N+](=O)[O-])c1ccc(F)cn1. The molecule has 0 saturated heterocycles. The zero-order valence-electron chi connectivity index (χ0n) is 10.5. The fourth-order valence-corrected chi connectivity index (χ4v) is 1.89. The number of aromatic nitrogens is 1. The number of halogens is 2. The van der Waals surface area contributed by atoms with Crippen LogP contribution in [0.15, 0.2) is 36.5 Å². The molecule has 0 amide bonds. The number of benzene rings is 1. The van der Waals surface area contributed by atoms with Crippen LogP contribution in [0.4, 0.5) is 15.8 Å². The van der Waals surface area contributed by atoms with Gasteiger partial charge in [0, 0.05) is 11.1 Å². The lowest BCUT2D eigenvalue weighted by atomic mass is 10.2. The number of pyridine rings is 1. The van der Waals surface area contributed by atoms with Crippen LogP contribution >= 0.6 is 11.6 Å². The molecule has 1 aromatic heterocycles. The number of nitro benzene ring substituents is 1. The Kier molecular flexibility index (Phi) is 4.14. The van der Waals surface area contributed by atoms with Crippen molar-refractivity contribution in [3.63, 3.8) is 0 Å². The van der Waals surface area contributed by atoms with E-state index in [0.717, 1.165) is 6.20 Å². The predicted molar refractivity (Wildman–Crippen MR) is 74.3 cm³/mol. The summed E-state index contributed by atoms with van der Waals surface area (Å²) >= 11 is 5.75. The maximum atomic E-state index is 12.8. The van der Waals surface area contributed by atoms with Gasteiger partial charge in [-0.25, -0.2) is 4.39 Å². The van der Waals surface area contributed by atoms with Crippen molar-refractivity contribution >= 4 is 23.0 Å². The van der Waals surface area contributed by atoms with E-state index in [0.29, 0.717) is 11.4 Å². The average molecular weight is 296 g/mol. The Labute approximate surface area is 119 Å². The van der Waals surface area contributed by atoms with Gasteiger partial charge in [-0.3, -0.25) is 15.1 Å². The molecule has 0 aliphatic carbocycles. The number of nitrogens with zero attached hydrogens (tertiary/aromatic N) is 2. The molecule has 0 radical (unpaired) electrons. The summed E-state index contributed by atoms with van der Waals surface area (Å²) in [5.74, 6) is -0.432. The van der Waals surface area contributed by atoms with Crippen LogP contribution < -0.4 is 5.32 Å². The zero-order valence-corrected chi connectivity index (χ0v) is 11.3. The number of hydrogen-bond donors (Lipinski definition) is 1. The Morgan fingerprint density at radius 2 is 2.15 bits per heavy atom. The van der Waals surface area contributed by atoms with Crippen LogP contribution in [0, 0.1) is 15.9 Å². The minimum Gasteiger partial charge on any atom is -0.371 e. The van der Waals surface area contributed by atoms with E-state index in [1.807, 2.05) is 0 Å². The number of hydrogen-bond acceptors (Lipinski definition) is 4. The van der Waals surface area contributed by atoms with Gasteiger partial charge in [0.25, 0.3) is 5.69 Å². The lowest BCUT2D eigenvalue weighted by molar-refractivity contribution is -0.384. The molecule has 1 N–H and O–H groups in total. The van der Waals surface area contributed by atoms with Crippen molar-refractivity contribution in [1.82, 2.24) is 4.98 Å². The van der Waals surface area contributed by atoms with E-state index in [9.17, 15) is 14.5 Å². The van der Waals surface area contributed by atoms with Crippen molar-refractivity contribution in [2.24, 2.45) is 0 Å². The second kappa shape index (κ2) is 5.83. The van der Waals surface area contributed by atoms with Gasteiger partial charge in [0.15, 0.2) is 0 Å². The van der Waals surface area contributed by atoms with Gasteiger partial charge < -0.3 is 5.32 Å². The summed E-state index contributed by atoms with van der Waals surface area (Å²) in [5, 5.41) is 14.2. The van der Waals surface area contributed by atoms with Gasteiger partial charge in [-0.15, -0.1) is 0 Å². The monoisotopic (exact) mass is 295 g/mol. The highest BCUT2D eigenvalue weighted by Gasteiger charge is 2.17. The van der Waals surface area contributed by atoms with Gasteiger partial charge in [0.05, 0.1) is 22.9 Å². The van der Waals surface area contributed by atoms with E-state index >= 15 is 0 Å². The Balaban J connectivity index is 2.25. The summed E-state index contributed by atoms with van der Waals surface area (Å²) in [5.41, 5.74) is 0.792. The van der Waals surface area contributed by atoms with Gasteiger partial charge in [0.1, 0.15) is 11.5 Å². The third-order valence-electron chi connectivity index (χ3n) is 2.72. The number of nitrogens with one attached hydrogen (secondary N) is 1. The minimum absolute atomic E-state index is 0.119. The maximum absolute atomic E-state index is 12.8. The van der Waals surface area contributed by atoms with Crippen LogP contribution in [-0.2, 0) is 0 Å². The van der Waals surface area contributed by atoms with Crippen molar-refractivity contribution < 1.29 is 9.31 Å². The summed E-state index contributed by atoms with van der Waals surface area (Å²) in [7, 11) is 0. The second-order valence-corrected chi connectivity index (χ2v) is 4.62. The first-order valence-corrected chi connectivity index (χ1v) is 6.17. The van der Waals surface area contributed by atoms with Crippen molar-refractivity contribution in [3.8, 4) is 0 Å². The number of nitro groups is 1. The van der Waals surface area contributed by atoms with E-state index in [1.54, 1.807) is 13.0 Å². The molecular formula is C13H11ClFN3O2. The van der Waals surface area contributed by atoms with E-state index in [4.69, 9.17) is 11.6 Å². The Bertz CT molecular complexity index is 634. The zero-order chi connectivity index (χ0) is 14.7. The molecule has 0 saturated carbocycles. The molecule has 0 aliphatic heterocycles. The quantitative estimate of drug-likeness (QED) is 0.685. The smallest absolute Gasteiger partial charge is 0.293 e. The Morgan fingerprint density at radius 3 is 2.75 bits per heavy atom. The van der Waals surface area contributed by atoms with E-state index in [-0.39, 0.29) is 16.8 Å². The summed E-state index contributed by atoms with van der Waals surface area (Å²) < 4.78 is 12.8. The first-order valence-electron chi connectivity index (χ1n) is 5.79. The number of anilines is 1. The standard InChI is InChI=1S/C13H11ClFN3O2/c1-8(11-5-3-10(15)7-16-11)17-12-4-2-9(14)6-13(12)18(19)20/h2-8,17H,1H3. The highest BCUT2D eigenvalue weighted by Crippen LogP contribution is 2.30. The van der Waals surface area contributed by atoms with Crippen molar-refractivity contribution in [3.05, 3.63) is 63.2 Å². The van der Waals surface area contributed by atoms with Crippen LogP contribution in [-0.4, -0.2) is 9.91 Å². The highest BCUT2D eigenvalue weighted by molar-refractivity contribution is 6.30. The molecule has 2 aromatic rings. The van der Waals surface area contributed by atoms with E-state index in [2.05, 4.69) is 10.3 Å². The van der Waals surface area contributed by atoms with Crippen LogP contribution in [0.3, 0.4) is 0 Å². The van der Waals surface area contributed by atoms with E-state index < -0.39 is 10.7 Å². The molecule has 5 nitrogen and oxygen atoms in total. The van der Waals surface area contributed by atoms with Crippen LogP contribution in [0.2, 0.25) is 5.02 Å². The topological polar surface area (TPSA) is 68.1 Å². The molecule has 0 spiro atoms. The molecule has 1 heterocycles. The third-order valence-corrected chi connectivity index (χ3v) is 2.96. The first-order chi connectivity index (χ1) is 9.47. The largest absolute Gasteiger partial charge is 0.371 e. The van der Waals surface area contributed by atoms with Gasteiger partial charge in [0.2, 0.25) is 0 Å². The minimum atomic E-state index is -0.515. The summed E-state index contributed by atoms with van der Waals surface area (Å²) in [6.07, 6.45) is 1.10. The molecule has 20 heavy (non-hydrogen) atoms. The molecule has 0 aliphatic rings. The van der Waals surface area contributed by atoms with Gasteiger partial charge in [-0.05, 0) is 31.2 Å². The molecule has 1 aromatic carbocycles. The second-order valence-electron chi connectivity index (χ2n) is 4.19. The molecule has 0 bridgehead atoms. The van der Waals surface area contributed by atoms with Crippen molar-refractivity contribution in [1.29, 1.82) is 0 Å². The lowest BCUT2D eigenvalue weighted by Gasteiger charge is -2.14. The maximum Gasteiger partial charge on any atom is 0.293 e. The predicted octanol–water partition coefficient (Wildman–Crippen LogP) is 3.96. The molecule has 0 fully saturated rings. The Hall–Kier alpha value is -2.21. The first kappa shape index (κ1) is 14.2. The molecule has 2 rings (SSSR count). The van der Waals surface area contributed by atoms with Crippen molar-refractivity contribution in [2.45, 2.75) is 13.0 Å². The van der Waals surface area contributed by atoms with Crippen LogP contribution in [0.1, 0.15) is 18.7 Å². The summed E-state index contributed by atoms with van der Waals surface area (Å²) in [4.78, 5) is 14.4. The molecule has 1 unspecified atom stereocenters. The van der Waals surface area contributed by atoms with E-state index in [1.165, 1.54) is 24.3 Å².